The molecule has 2 aromatic carbocycles. The molecule has 9 nitrogen and oxygen atoms in total. The third kappa shape index (κ3) is 4.18. The number of hydrogen-bond acceptors (Lipinski definition) is 5. The molecule has 3 aromatic rings. The van der Waals surface area contributed by atoms with Crippen molar-refractivity contribution in [3.8, 4) is 24.3 Å². The number of benzene rings is 2. The van der Waals surface area contributed by atoms with Crippen molar-refractivity contribution in [1.29, 1.82) is 21.0 Å². The minimum Gasteiger partial charge on any atom is -0.237 e. The molecule has 14 heteroatoms. The summed E-state index contributed by atoms with van der Waals surface area (Å²) >= 11 is 0. The fourth-order valence-corrected chi connectivity index (χ4v) is 5.36. The molecule has 0 unspecified atom stereocenters. The highest BCUT2D eigenvalue weighted by molar-refractivity contribution is 6.29. The molecule has 0 fully saturated rings. The van der Waals surface area contributed by atoms with Gasteiger partial charge in [0, 0.05) is 44.5 Å². The van der Waals surface area contributed by atoms with E-state index < -0.39 is 119 Å². The van der Waals surface area contributed by atoms with E-state index >= 15 is 17.6 Å². The van der Waals surface area contributed by atoms with E-state index in [1.165, 1.54) is 12.1 Å². The average Bonchev–Trinajstić information content (AvgIpc) is 3.60. The van der Waals surface area contributed by atoms with Crippen LogP contribution in [-0.2, 0) is 0 Å². The van der Waals surface area contributed by atoms with Gasteiger partial charge in [-0.2, -0.15) is 14.9 Å². The molecular formula is C33H4F5N9. The topological polar surface area (TPSA) is 125 Å². The van der Waals surface area contributed by atoms with Crippen LogP contribution in [0, 0.1) is 101 Å². The molecule has 1 heterocycles. The van der Waals surface area contributed by atoms with Crippen LogP contribution in [-0.4, -0.2) is 4.98 Å². The van der Waals surface area contributed by atoms with Gasteiger partial charge in [0.1, 0.15) is 41.1 Å². The normalized spacial score (nSPS) is 14.7. The molecule has 0 N–H and O–H groups in total. The molecule has 0 bridgehead atoms. The minimum absolute atomic E-state index is 0.418. The summed E-state index contributed by atoms with van der Waals surface area (Å²) < 4.78 is 79.3. The van der Waals surface area contributed by atoms with E-state index in [1.54, 1.807) is 12.1 Å². The van der Waals surface area contributed by atoms with Crippen LogP contribution in [0.25, 0.3) is 52.9 Å². The van der Waals surface area contributed by atoms with Crippen LogP contribution >= 0.6 is 0 Å². The van der Waals surface area contributed by atoms with Crippen LogP contribution in [0.3, 0.4) is 0 Å². The second-order valence-corrected chi connectivity index (χ2v) is 9.26. The summed E-state index contributed by atoms with van der Waals surface area (Å²) in [4.78, 5) is 15.5. The van der Waals surface area contributed by atoms with Gasteiger partial charge in [0.2, 0.25) is 17.3 Å². The van der Waals surface area contributed by atoms with Crippen LogP contribution in [0.4, 0.5) is 27.6 Å². The minimum atomic E-state index is -1.59. The third-order valence-corrected chi connectivity index (χ3v) is 7.14. The zero-order valence-electron chi connectivity index (χ0n) is 22.7. The highest BCUT2D eigenvalue weighted by atomic mass is 19.1. The zero-order chi connectivity index (χ0) is 34.3. The van der Waals surface area contributed by atoms with Crippen molar-refractivity contribution in [3.05, 3.63) is 150 Å². The monoisotopic (exact) mass is 621 g/mol. The predicted molar refractivity (Wildman–Crippen MR) is 152 cm³/mol. The lowest BCUT2D eigenvalue weighted by atomic mass is 9.90. The van der Waals surface area contributed by atoms with Gasteiger partial charge >= 0.3 is 0 Å². The lowest BCUT2D eigenvalue weighted by molar-refractivity contribution is 0.579. The van der Waals surface area contributed by atoms with Gasteiger partial charge in [0.15, 0.2) is 0 Å². The molecule has 0 spiro atoms. The molecule has 2 aliphatic carbocycles. The number of fused-ring (bicyclic) bond motifs is 2. The molecule has 0 saturated carbocycles. The Bertz CT molecular complexity index is 2520. The molecule has 47 heavy (non-hydrogen) atoms. The fraction of sp³-hybridized carbons (Fsp3) is 0. The van der Waals surface area contributed by atoms with Gasteiger partial charge in [0.05, 0.1) is 44.0 Å². The summed E-state index contributed by atoms with van der Waals surface area (Å²) in [6.07, 6.45) is 0. The van der Waals surface area contributed by atoms with Gasteiger partial charge in [-0.1, -0.05) is 0 Å². The number of halogens is 5. The second kappa shape index (κ2) is 11.3. The number of nitrogens with zero attached hydrogens (tertiary/aromatic N) is 9. The van der Waals surface area contributed by atoms with Crippen molar-refractivity contribution in [3.63, 3.8) is 0 Å². The van der Waals surface area contributed by atoms with Crippen molar-refractivity contribution in [2.75, 3.05) is 0 Å². The summed E-state index contributed by atoms with van der Waals surface area (Å²) in [6.45, 7) is 29.9. The van der Waals surface area contributed by atoms with Crippen LogP contribution in [0.15, 0.2) is 35.7 Å². The van der Waals surface area contributed by atoms with Crippen molar-refractivity contribution in [1.82, 2.24) is 4.98 Å². The quantitative estimate of drug-likeness (QED) is 0.125. The Morgan fingerprint density at radius 3 is 1.77 bits per heavy atom. The molecule has 0 aliphatic heterocycles. The van der Waals surface area contributed by atoms with Crippen molar-refractivity contribution < 1.29 is 22.0 Å². The molecule has 2 aliphatic rings. The molecular weight excluding hydrogens is 617 g/mol. The molecule has 216 valence electrons. The summed E-state index contributed by atoms with van der Waals surface area (Å²) in [5.41, 5.74) is -13.3. The summed E-state index contributed by atoms with van der Waals surface area (Å²) in [7, 11) is 0. The molecule has 0 atom stereocenters. The maximum Gasteiger partial charge on any atom is 0.270 e. The molecule has 1 aromatic heterocycles. The van der Waals surface area contributed by atoms with E-state index in [-0.39, 0.29) is 0 Å². The highest BCUT2D eigenvalue weighted by Gasteiger charge is 2.44. The fourth-order valence-electron chi connectivity index (χ4n) is 5.36. The van der Waals surface area contributed by atoms with Gasteiger partial charge in [0.25, 0.3) is 11.4 Å². The van der Waals surface area contributed by atoms with Gasteiger partial charge in [-0.25, -0.2) is 52.4 Å². The maximum absolute atomic E-state index is 17.1. The van der Waals surface area contributed by atoms with Crippen LogP contribution in [0.1, 0.15) is 39.1 Å². The van der Waals surface area contributed by atoms with Crippen molar-refractivity contribution in [2.24, 2.45) is 0 Å². The molecule has 0 amide bonds. The first-order chi connectivity index (χ1) is 22.6. The van der Waals surface area contributed by atoms with Gasteiger partial charge < -0.3 is 0 Å². The van der Waals surface area contributed by atoms with Crippen LogP contribution in [0.5, 0.6) is 0 Å². The lowest BCUT2D eigenvalue weighted by Gasteiger charge is -2.16. The van der Waals surface area contributed by atoms with Gasteiger partial charge in [-0.15, -0.1) is 0 Å². The molecule has 0 radical (unpaired) electrons. The standard InChI is InChI=1S/C33H4F5N9/c1-43-19-8-17(34)15(7-18(19)35)24-26(21(12-42)45-3)28-29(32(24)46-4)30(36)23-16(10-40)22(14-6-5-13(9-39)47-33(14)38)25(20(11-41)44-2)27(23)31(28)37/h5-8H/b25-20-,26-21+. The van der Waals surface area contributed by atoms with Crippen LogP contribution in [0.2, 0.25) is 0 Å². The average molecular weight is 621 g/mol. The van der Waals surface area contributed by atoms with E-state index in [2.05, 4.69) is 24.4 Å². The number of hydrogen-bond donors (Lipinski definition) is 0. The van der Waals surface area contributed by atoms with E-state index in [0.717, 1.165) is 12.1 Å². The first-order valence-electron chi connectivity index (χ1n) is 12.4. The Morgan fingerprint density at radius 2 is 1.26 bits per heavy atom. The zero-order valence-corrected chi connectivity index (χ0v) is 22.7. The Morgan fingerprint density at radius 1 is 0.660 bits per heavy atom. The Kier molecular flexibility index (Phi) is 7.36. The third-order valence-electron chi connectivity index (χ3n) is 7.14. The van der Waals surface area contributed by atoms with E-state index in [4.69, 9.17) is 31.6 Å². The number of rotatable bonds is 2. The molecule has 5 rings (SSSR count). The Hall–Kier alpha value is -7.88. The number of pyridine rings is 1. The maximum atomic E-state index is 17.1. The van der Waals surface area contributed by atoms with Crippen molar-refractivity contribution in [2.45, 2.75) is 0 Å². The van der Waals surface area contributed by atoms with E-state index in [9.17, 15) is 20.2 Å². The Labute approximate surface area is 261 Å². The number of allylic oxidation sites excluding steroid dienone is 7. The van der Waals surface area contributed by atoms with E-state index in [1.807, 2.05) is 0 Å². The first-order valence-corrected chi connectivity index (χ1v) is 12.4. The highest BCUT2D eigenvalue weighted by Crippen LogP contribution is 2.58. The van der Waals surface area contributed by atoms with Crippen molar-refractivity contribution >= 4 is 39.2 Å². The van der Waals surface area contributed by atoms with Gasteiger partial charge in [-0.05, 0) is 35.4 Å². The Balaban J connectivity index is 2.05. The predicted octanol–water partition coefficient (Wildman–Crippen LogP) is 7.76. The number of nitriles is 4. The summed E-state index contributed by atoms with van der Waals surface area (Å²) in [5, 5.41) is 38.9. The first kappa shape index (κ1) is 30.6. The van der Waals surface area contributed by atoms with Crippen LogP contribution < -0.4 is 0 Å². The smallest absolute Gasteiger partial charge is 0.237 e. The second-order valence-electron chi connectivity index (χ2n) is 9.26. The summed E-state index contributed by atoms with van der Waals surface area (Å²) in [5.74, 6) is -7.21. The van der Waals surface area contributed by atoms with Gasteiger partial charge in [-0.3, -0.25) is 0 Å². The lowest BCUT2D eigenvalue weighted by Crippen LogP contribution is -2.05. The number of aromatic nitrogens is 1. The largest absolute Gasteiger partial charge is 0.270 e. The van der Waals surface area contributed by atoms with E-state index in [0.29, 0.717) is 12.1 Å². The molecule has 0 saturated heterocycles. The summed E-state index contributed by atoms with van der Waals surface area (Å²) in [6, 6.07) is 8.96. The SMILES string of the molecule is [C-]#[N+]C1=C(c2cc(F)c([N+]#[C-])cc2F)/C(=C(/C#N)[N+]#[C-])c2c(F)c3c(c(F)c21)C(C#N)=C(c1ccc(C#N)nc1F)/C3=C(\C#N)[N+]#[C-].